The van der Waals surface area contributed by atoms with E-state index in [1.54, 1.807) is 25.5 Å². The molecule has 2 aliphatic carbocycles. The van der Waals surface area contributed by atoms with Gasteiger partial charge in [0.1, 0.15) is 17.6 Å². The van der Waals surface area contributed by atoms with Gasteiger partial charge in [-0.25, -0.2) is 9.98 Å². The van der Waals surface area contributed by atoms with Crippen LogP contribution in [0.1, 0.15) is 6.42 Å². The molecule has 6 unspecified atom stereocenters. The molecule has 1 aromatic rings. The molecule has 4 aliphatic rings. The SMILES string of the molecule is CNC(=O)COc1cccc(NC2=NC3N=CNC3C(=NC3C4C=CC(C4)C3C(N)=O)N2)c1. The quantitative estimate of drug-likeness (QED) is 0.371. The highest BCUT2D eigenvalue weighted by Gasteiger charge is 2.48. The van der Waals surface area contributed by atoms with Crippen molar-refractivity contribution in [3.63, 3.8) is 0 Å². The van der Waals surface area contributed by atoms with Gasteiger partial charge in [0.25, 0.3) is 5.91 Å². The summed E-state index contributed by atoms with van der Waals surface area (Å²) in [6.45, 7) is -0.0703. The summed E-state index contributed by atoms with van der Waals surface area (Å²) in [5, 5.41) is 12.2. The van der Waals surface area contributed by atoms with Gasteiger partial charge in [-0.2, -0.15) is 0 Å². The summed E-state index contributed by atoms with van der Waals surface area (Å²) in [5.74, 6) is 1.21. The molecule has 2 bridgehead atoms. The second-order valence-electron chi connectivity index (χ2n) is 8.43. The van der Waals surface area contributed by atoms with Gasteiger partial charge in [-0.3, -0.25) is 14.6 Å². The number of anilines is 1. The molecule has 2 amide bonds. The van der Waals surface area contributed by atoms with Gasteiger partial charge in [-0.1, -0.05) is 18.2 Å². The number of amides is 2. The first kappa shape index (κ1) is 21.0. The molecule has 0 saturated heterocycles. The van der Waals surface area contributed by atoms with Crippen LogP contribution in [0.2, 0.25) is 0 Å². The molecule has 11 nitrogen and oxygen atoms in total. The molecular formula is C22H26N8O3. The number of carbonyl (C=O) groups is 2. The van der Waals surface area contributed by atoms with Gasteiger partial charge in [0, 0.05) is 24.7 Å². The summed E-state index contributed by atoms with van der Waals surface area (Å²) >= 11 is 0. The maximum absolute atomic E-state index is 12.1. The number of aliphatic imine (C=N–C) groups is 3. The standard InChI is InChI=1S/C22H26N8O3/c1-24-15(31)9-33-14-4-2-3-13(8-14)27-22-29-20-18(25-10-26-20)21(30-22)28-17-12-6-5-11(7-12)16(17)19(23)32/h2-6,8,10-12,16-18,20H,7,9H2,1H3,(H2,23,32)(H,24,31)(H,25,26)(H2,27,28,29,30). The molecule has 6 atom stereocenters. The molecule has 5 rings (SSSR count). The Morgan fingerprint density at radius 2 is 2.15 bits per heavy atom. The third-order valence-electron chi connectivity index (χ3n) is 6.36. The van der Waals surface area contributed by atoms with Gasteiger partial charge in [0.2, 0.25) is 11.9 Å². The van der Waals surface area contributed by atoms with E-state index in [1.165, 1.54) is 0 Å². The highest BCUT2D eigenvalue weighted by Crippen LogP contribution is 2.45. The highest BCUT2D eigenvalue weighted by atomic mass is 16.5. The molecule has 0 spiro atoms. The van der Waals surface area contributed by atoms with E-state index in [0.717, 1.165) is 12.1 Å². The molecule has 6 N–H and O–H groups in total. The first-order chi connectivity index (χ1) is 16.0. The van der Waals surface area contributed by atoms with Crippen LogP contribution in [0.5, 0.6) is 5.75 Å². The fourth-order valence-electron chi connectivity index (χ4n) is 4.77. The van der Waals surface area contributed by atoms with E-state index < -0.39 is 0 Å². The number of ether oxygens (including phenoxy) is 1. The van der Waals surface area contributed by atoms with E-state index in [0.29, 0.717) is 17.5 Å². The van der Waals surface area contributed by atoms with Crippen LogP contribution < -0.4 is 31.7 Å². The number of fused-ring (bicyclic) bond motifs is 3. The number of allylic oxidation sites excluding steroid dienone is 1. The first-order valence-electron chi connectivity index (χ1n) is 10.9. The lowest BCUT2D eigenvalue weighted by Crippen LogP contribution is -2.55. The third kappa shape index (κ3) is 4.13. The molecule has 11 heteroatoms. The lowest BCUT2D eigenvalue weighted by molar-refractivity contribution is -0.123. The fourth-order valence-corrected chi connectivity index (χ4v) is 4.77. The molecular weight excluding hydrogens is 424 g/mol. The maximum atomic E-state index is 12.1. The molecule has 1 saturated carbocycles. The Kier molecular flexibility index (Phi) is 5.45. The number of nitrogens with one attached hydrogen (secondary N) is 4. The minimum atomic E-state index is -0.374. The topological polar surface area (TPSA) is 155 Å². The van der Waals surface area contributed by atoms with Crippen molar-refractivity contribution in [3.8, 4) is 5.75 Å². The van der Waals surface area contributed by atoms with Crippen LogP contribution in [0.4, 0.5) is 5.69 Å². The zero-order valence-electron chi connectivity index (χ0n) is 18.1. The molecule has 1 fully saturated rings. The lowest BCUT2D eigenvalue weighted by Gasteiger charge is -2.29. The second-order valence-corrected chi connectivity index (χ2v) is 8.43. The van der Waals surface area contributed by atoms with Crippen LogP contribution in [0.15, 0.2) is 51.4 Å². The average Bonchev–Trinajstić information content (AvgIpc) is 3.54. The van der Waals surface area contributed by atoms with Gasteiger partial charge >= 0.3 is 0 Å². The van der Waals surface area contributed by atoms with Gasteiger partial charge in [-0.15, -0.1) is 0 Å². The van der Waals surface area contributed by atoms with E-state index in [4.69, 9.17) is 15.5 Å². The Morgan fingerprint density at radius 1 is 1.30 bits per heavy atom. The van der Waals surface area contributed by atoms with Crippen LogP contribution in [0.3, 0.4) is 0 Å². The van der Waals surface area contributed by atoms with Crippen molar-refractivity contribution < 1.29 is 14.3 Å². The minimum absolute atomic E-state index is 0.0703. The summed E-state index contributed by atoms with van der Waals surface area (Å²) in [6, 6.07) is 6.79. The van der Waals surface area contributed by atoms with Crippen molar-refractivity contribution in [1.29, 1.82) is 0 Å². The van der Waals surface area contributed by atoms with Crippen molar-refractivity contribution in [1.82, 2.24) is 16.0 Å². The average molecular weight is 451 g/mol. The van der Waals surface area contributed by atoms with Gasteiger partial charge in [0.15, 0.2) is 12.8 Å². The number of nitrogens with zero attached hydrogens (tertiary/aromatic N) is 3. The Morgan fingerprint density at radius 3 is 2.97 bits per heavy atom. The number of hydrogen-bond donors (Lipinski definition) is 5. The normalized spacial score (nSPS) is 32.0. The second kappa shape index (κ2) is 8.57. The van der Waals surface area contributed by atoms with Crippen molar-refractivity contribution in [3.05, 3.63) is 36.4 Å². The molecule has 2 aliphatic heterocycles. The monoisotopic (exact) mass is 450 g/mol. The first-order valence-corrected chi connectivity index (χ1v) is 10.9. The van der Waals surface area contributed by atoms with Crippen LogP contribution in [0, 0.1) is 17.8 Å². The van der Waals surface area contributed by atoms with Crippen LogP contribution in [-0.4, -0.2) is 61.9 Å². The number of benzene rings is 1. The summed E-state index contributed by atoms with van der Waals surface area (Å²) in [5.41, 5.74) is 6.43. The van der Waals surface area contributed by atoms with Crippen LogP contribution in [-0.2, 0) is 9.59 Å². The number of hydrogen-bond acceptors (Lipinski definition) is 8. The molecule has 2 heterocycles. The van der Waals surface area contributed by atoms with Gasteiger partial charge in [0.05, 0.1) is 18.3 Å². The van der Waals surface area contributed by atoms with E-state index in [-0.39, 0.29) is 54.4 Å². The molecule has 33 heavy (non-hydrogen) atoms. The Hall–Kier alpha value is -3.89. The van der Waals surface area contributed by atoms with Crippen LogP contribution in [0.25, 0.3) is 0 Å². The maximum Gasteiger partial charge on any atom is 0.257 e. The van der Waals surface area contributed by atoms with E-state index in [1.807, 2.05) is 12.1 Å². The number of amidine groups is 1. The van der Waals surface area contributed by atoms with Crippen molar-refractivity contribution in [2.45, 2.75) is 24.7 Å². The lowest BCUT2D eigenvalue weighted by atomic mass is 9.88. The molecule has 0 aromatic heterocycles. The summed E-state index contributed by atoms with van der Waals surface area (Å²) < 4.78 is 5.51. The number of carbonyl (C=O) groups excluding carboxylic acids is 2. The van der Waals surface area contributed by atoms with E-state index in [9.17, 15) is 9.59 Å². The Balaban J connectivity index is 1.34. The Bertz CT molecular complexity index is 1080. The minimum Gasteiger partial charge on any atom is -0.484 e. The summed E-state index contributed by atoms with van der Waals surface area (Å²) in [6.07, 6.45) is 6.36. The number of rotatable bonds is 6. The number of primary amides is 1. The smallest absolute Gasteiger partial charge is 0.257 e. The number of guanidine groups is 1. The third-order valence-corrected chi connectivity index (χ3v) is 6.36. The summed E-state index contributed by atoms with van der Waals surface area (Å²) in [7, 11) is 1.56. The zero-order valence-corrected chi connectivity index (χ0v) is 18.1. The molecule has 0 radical (unpaired) electrons. The summed E-state index contributed by atoms with van der Waals surface area (Å²) in [4.78, 5) is 37.5. The zero-order chi connectivity index (χ0) is 22.9. The fraction of sp³-hybridized carbons (Fsp3) is 0.409. The predicted octanol–water partition coefficient (Wildman–Crippen LogP) is -0.417. The number of likely N-dealkylation sites (N-methyl/N-ethyl adjacent to an activating group) is 1. The number of nitrogens with two attached hydrogens (primary N) is 1. The molecule has 1 aromatic carbocycles. The van der Waals surface area contributed by atoms with E-state index >= 15 is 0 Å². The largest absolute Gasteiger partial charge is 0.484 e. The van der Waals surface area contributed by atoms with E-state index in [2.05, 4.69) is 43.4 Å². The highest BCUT2D eigenvalue weighted by molar-refractivity contribution is 6.10. The van der Waals surface area contributed by atoms with Gasteiger partial charge < -0.3 is 31.7 Å². The van der Waals surface area contributed by atoms with Crippen molar-refractivity contribution >= 4 is 35.6 Å². The van der Waals surface area contributed by atoms with Gasteiger partial charge in [-0.05, 0) is 24.5 Å². The van der Waals surface area contributed by atoms with Crippen molar-refractivity contribution in [2.75, 3.05) is 19.0 Å². The molecule has 172 valence electrons. The van der Waals surface area contributed by atoms with Crippen molar-refractivity contribution in [2.24, 2.45) is 38.5 Å². The predicted molar refractivity (Wildman–Crippen MR) is 124 cm³/mol. The Labute approximate surface area is 190 Å². The van der Waals surface area contributed by atoms with Crippen LogP contribution >= 0.6 is 0 Å².